The lowest BCUT2D eigenvalue weighted by Crippen LogP contribution is -2.22. The van der Waals surface area contributed by atoms with E-state index in [4.69, 9.17) is 0 Å². The number of carbonyl (C=O) groups excluding carboxylic acids is 1. The van der Waals surface area contributed by atoms with Crippen molar-refractivity contribution in [3.63, 3.8) is 0 Å². The molecule has 0 unspecified atom stereocenters. The number of fused-ring (bicyclic) bond motifs is 1. The van der Waals surface area contributed by atoms with E-state index in [2.05, 4.69) is 31.1 Å². The van der Waals surface area contributed by atoms with Gasteiger partial charge in [-0.1, -0.05) is 69.3 Å². The van der Waals surface area contributed by atoms with Crippen LogP contribution in [0.4, 0.5) is 5.82 Å². The van der Waals surface area contributed by atoms with Crippen LogP contribution in [-0.4, -0.2) is 22.0 Å². The number of hydrogen-bond donors (Lipinski definition) is 2. The fraction of sp³-hybridized carbons (Fsp3) is 0.148. The molecule has 4 aromatic rings. The molecule has 4 rings (SSSR count). The molecule has 3 aromatic carbocycles. The number of carbonyl (C=O) groups is 2. The van der Waals surface area contributed by atoms with Crippen molar-refractivity contribution in [1.29, 1.82) is 0 Å². The van der Waals surface area contributed by atoms with Crippen molar-refractivity contribution < 1.29 is 14.7 Å². The number of amides is 1. The highest BCUT2D eigenvalue weighted by molar-refractivity contribution is 6.10. The molecule has 0 aliphatic heterocycles. The van der Waals surface area contributed by atoms with Gasteiger partial charge >= 0.3 is 5.97 Å². The van der Waals surface area contributed by atoms with Crippen LogP contribution < -0.4 is 5.32 Å². The molecule has 1 amide bonds. The van der Waals surface area contributed by atoms with E-state index in [0.29, 0.717) is 22.3 Å². The molecule has 32 heavy (non-hydrogen) atoms. The molecule has 0 bridgehead atoms. The van der Waals surface area contributed by atoms with Gasteiger partial charge in [0.25, 0.3) is 5.91 Å². The van der Waals surface area contributed by atoms with Crippen LogP contribution in [0.5, 0.6) is 0 Å². The Labute approximate surface area is 186 Å². The third-order valence-corrected chi connectivity index (χ3v) is 5.36. The molecule has 0 atom stereocenters. The normalized spacial score (nSPS) is 11.3. The maximum absolute atomic E-state index is 13.5. The summed E-state index contributed by atoms with van der Waals surface area (Å²) in [5, 5.41) is 12.8. The van der Waals surface area contributed by atoms with Crippen LogP contribution in [0, 0.1) is 0 Å². The average Bonchev–Trinajstić information content (AvgIpc) is 2.78. The first-order valence-corrected chi connectivity index (χ1v) is 10.4. The molecule has 5 nitrogen and oxygen atoms in total. The van der Waals surface area contributed by atoms with Gasteiger partial charge in [0.15, 0.2) is 0 Å². The molecule has 1 heterocycles. The first-order chi connectivity index (χ1) is 15.2. The lowest BCUT2D eigenvalue weighted by Gasteiger charge is -2.24. The quantitative estimate of drug-likeness (QED) is 0.412. The number of hydrogen-bond acceptors (Lipinski definition) is 3. The number of nitrogens with one attached hydrogen (secondary N) is 1. The summed E-state index contributed by atoms with van der Waals surface area (Å²) >= 11 is 0. The first-order valence-electron chi connectivity index (χ1n) is 10.4. The summed E-state index contributed by atoms with van der Waals surface area (Å²) in [7, 11) is 0. The number of carboxylic acid groups (broad SMARTS) is 1. The maximum Gasteiger partial charge on any atom is 0.335 e. The summed E-state index contributed by atoms with van der Waals surface area (Å²) in [4.78, 5) is 29.2. The zero-order valence-corrected chi connectivity index (χ0v) is 18.2. The molecule has 0 saturated heterocycles. The maximum atomic E-state index is 13.5. The fourth-order valence-electron chi connectivity index (χ4n) is 3.79. The second kappa shape index (κ2) is 8.27. The summed E-state index contributed by atoms with van der Waals surface area (Å²) in [6.07, 6.45) is 0. The van der Waals surface area contributed by atoms with Crippen LogP contribution >= 0.6 is 0 Å². The van der Waals surface area contributed by atoms with E-state index in [1.165, 1.54) is 6.07 Å². The molecule has 0 saturated carbocycles. The van der Waals surface area contributed by atoms with Gasteiger partial charge in [-0.15, -0.1) is 0 Å². The average molecular weight is 425 g/mol. The van der Waals surface area contributed by atoms with Crippen molar-refractivity contribution in [2.24, 2.45) is 0 Å². The zero-order chi connectivity index (χ0) is 22.9. The first kappa shape index (κ1) is 21.2. The van der Waals surface area contributed by atoms with Gasteiger partial charge in [0.2, 0.25) is 0 Å². The van der Waals surface area contributed by atoms with E-state index in [1.807, 2.05) is 48.5 Å². The second-order valence-corrected chi connectivity index (χ2v) is 8.71. The predicted octanol–water partition coefficient (Wildman–Crippen LogP) is 6.15. The Bertz CT molecular complexity index is 1320. The molecule has 0 fully saturated rings. The van der Waals surface area contributed by atoms with Crippen LogP contribution in [0.3, 0.4) is 0 Å². The number of pyridine rings is 1. The highest BCUT2D eigenvalue weighted by Gasteiger charge is 2.25. The highest BCUT2D eigenvalue weighted by Crippen LogP contribution is 2.33. The molecule has 160 valence electrons. The number of benzene rings is 3. The molecular formula is C27H24N2O3. The second-order valence-electron chi connectivity index (χ2n) is 8.71. The van der Waals surface area contributed by atoms with Crippen LogP contribution in [0.25, 0.3) is 22.0 Å². The van der Waals surface area contributed by atoms with Gasteiger partial charge in [-0.25, -0.2) is 9.78 Å². The van der Waals surface area contributed by atoms with Crippen LogP contribution in [0.2, 0.25) is 0 Å². The van der Waals surface area contributed by atoms with Gasteiger partial charge in [-0.05, 0) is 52.4 Å². The van der Waals surface area contributed by atoms with E-state index in [0.717, 1.165) is 16.7 Å². The van der Waals surface area contributed by atoms with Gasteiger partial charge in [0.05, 0.1) is 16.6 Å². The topological polar surface area (TPSA) is 79.3 Å². The smallest absolute Gasteiger partial charge is 0.335 e. The minimum atomic E-state index is -0.989. The third-order valence-electron chi connectivity index (χ3n) is 5.36. The van der Waals surface area contributed by atoms with Crippen LogP contribution in [-0.2, 0) is 5.41 Å². The van der Waals surface area contributed by atoms with Gasteiger partial charge in [0.1, 0.15) is 5.82 Å². The molecule has 2 N–H and O–H groups in total. The van der Waals surface area contributed by atoms with Crippen LogP contribution in [0.15, 0.2) is 78.9 Å². The van der Waals surface area contributed by atoms with E-state index in [-0.39, 0.29) is 16.9 Å². The molecule has 0 radical (unpaired) electrons. The molecule has 0 aliphatic carbocycles. The minimum Gasteiger partial charge on any atom is -0.478 e. The van der Waals surface area contributed by atoms with Gasteiger partial charge in [-0.2, -0.15) is 0 Å². The Balaban J connectivity index is 1.76. The summed E-state index contributed by atoms with van der Waals surface area (Å²) in [5.41, 5.74) is 3.97. The van der Waals surface area contributed by atoms with Crippen LogP contribution in [0.1, 0.15) is 47.1 Å². The Hall–Kier alpha value is -3.99. The van der Waals surface area contributed by atoms with E-state index >= 15 is 0 Å². The lowest BCUT2D eigenvalue weighted by molar-refractivity contribution is 0.0697. The Morgan fingerprint density at radius 1 is 0.875 bits per heavy atom. The number of rotatable bonds is 4. The van der Waals surface area contributed by atoms with E-state index in [1.54, 1.807) is 24.3 Å². The molecular weight excluding hydrogens is 400 g/mol. The molecule has 5 heteroatoms. The van der Waals surface area contributed by atoms with Crippen molar-refractivity contribution in [3.05, 3.63) is 95.6 Å². The van der Waals surface area contributed by atoms with Crippen molar-refractivity contribution in [2.45, 2.75) is 26.2 Å². The van der Waals surface area contributed by atoms with E-state index < -0.39 is 5.97 Å². The number of carboxylic acids is 1. The number of aromatic nitrogens is 1. The largest absolute Gasteiger partial charge is 0.478 e. The molecule has 0 aliphatic rings. The van der Waals surface area contributed by atoms with Gasteiger partial charge in [0, 0.05) is 5.39 Å². The summed E-state index contributed by atoms with van der Waals surface area (Å²) in [5.74, 6) is -0.812. The van der Waals surface area contributed by atoms with Crippen molar-refractivity contribution >= 4 is 28.6 Å². The predicted molar refractivity (Wildman–Crippen MR) is 127 cm³/mol. The number of anilines is 1. The minimum absolute atomic E-state index is 0.197. The number of aromatic carboxylic acids is 1. The van der Waals surface area contributed by atoms with Crippen molar-refractivity contribution in [1.82, 2.24) is 4.98 Å². The lowest BCUT2D eigenvalue weighted by atomic mass is 9.80. The third kappa shape index (κ3) is 4.23. The van der Waals surface area contributed by atoms with Crippen molar-refractivity contribution in [2.75, 3.05) is 5.32 Å². The fourth-order valence-corrected chi connectivity index (χ4v) is 3.79. The van der Waals surface area contributed by atoms with E-state index in [9.17, 15) is 14.7 Å². The van der Waals surface area contributed by atoms with Crippen molar-refractivity contribution in [3.8, 4) is 11.1 Å². The Morgan fingerprint density at radius 3 is 2.31 bits per heavy atom. The molecule has 0 spiro atoms. The van der Waals surface area contributed by atoms with Gasteiger partial charge in [-0.3, -0.25) is 4.79 Å². The zero-order valence-electron chi connectivity index (χ0n) is 18.2. The highest BCUT2D eigenvalue weighted by atomic mass is 16.4. The Kier molecular flexibility index (Phi) is 5.49. The molecule has 1 aromatic heterocycles. The summed E-state index contributed by atoms with van der Waals surface area (Å²) < 4.78 is 0. The SMILES string of the molecule is CC(C)(C)c1cccc(-c2ccccc2)c1C(=O)Nc1ccc2cc(C(=O)O)ccc2n1. The summed E-state index contributed by atoms with van der Waals surface area (Å²) in [6, 6.07) is 23.9. The Morgan fingerprint density at radius 2 is 1.62 bits per heavy atom. The summed E-state index contributed by atoms with van der Waals surface area (Å²) in [6.45, 7) is 6.26. The number of nitrogens with zero attached hydrogens (tertiary/aromatic N) is 1. The van der Waals surface area contributed by atoms with Gasteiger partial charge < -0.3 is 10.4 Å². The monoisotopic (exact) mass is 424 g/mol. The standard InChI is InChI=1S/C27H24N2O3/c1-27(2,3)21-11-7-10-20(17-8-5-4-6-9-17)24(21)25(30)29-23-15-13-18-16-19(26(31)32)12-14-22(18)28-23/h4-16H,1-3H3,(H,31,32)(H,28,29,30).